The molecule has 86 valence electrons. The van der Waals surface area contributed by atoms with Crippen molar-refractivity contribution in [2.45, 2.75) is 18.9 Å². The van der Waals surface area contributed by atoms with Crippen molar-refractivity contribution in [3.63, 3.8) is 0 Å². The normalized spacial score (nSPS) is 20.1. The molecule has 16 heavy (non-hydrogen) atoms. The van der Waals surface area contributed by atoms with E-state index in [9.17, 15) is 4.79 Å². The second kappa shape index (κ2) is 5.07. The van der Waals surface area contributed by atoms with Gasteiger partial charge in [0.1, 0.15) is 0 Å². The van der Waals surface area contributed by atoms with Crippen molar-refractivity contribution in [1.29, 1.82) is 0 Å². The molecule has 0 aliphatic carbocycles. The molecule has 1 aromatic carbocycles. The monoisotopic (exact) mass is 257 g/mol. The van der Waals surface area contributed by atoms with Gasteiger partial charge in [0.15, 0.2) is 5.78 Å². The van der Waals surface area contributed by atoms with Crippen LogP contribution in [0.3, 0.4) is 0 Å². The second-order valence-electron chi connectivity index (χ2n) is 3.93. The van der Waals surface area contributed by atoms with E-state index in [1.165, 1.54) is 0 Å². The topological polar surface area (TPSA) is 20.3 Å². The largest absolute Gasteiger partial charge is 0.361 e. The summed E-state index contributed by atoms with van der Waals surface area (Å²) in [6.45, 7) is 0.912. The van der Waals surface area contributed by atoms with Crippen molar-refractivity contribution in [3.05, 3.63) is 29.3 Å². The highest BCUT2D eigenvalue weighted by Crippen LogP contribution is 2.27. The fourth-order valence-corrected chi connectivity index (χ4v) is 2.44. The van der Waals surface area contributed by atoms with E-state index in [0.29, 0.717) is 5.02 Å². The first-order valence-electron chi connectivity index (χ1n) is 5.33. The van der Waals surface area contributed by atoms with Gasteiger partial charge in [-0.2, -0.15) is 0 Å². The summed E-state index contributed by atoms with van der Waals surface area (Å²) in [6, 6.07) is 7.53. The summed E-state index contributed by atoms with van der Waals surface area (Å²) < 4.78 is 0. The quantitative estimate of drug-likeness (QED) is 0.776. The Morgan fingerprint density at radius 2 is 2.06 bits per heavy atom. The Morgan fingerprint density at radius 3 is 2.69 bits per heavy atom. The average molecular weight is 258 g/mol. The lowest BCUT2D eigenvalue weighted by Gasteiger charge is -2.25. The number of anilines is 1. The first kappa shape index (κ1) is 11.7. The summed E-state index contributed by atoms with van der Waals surface area (Å²) >= 11 is 11.5. The van der Waals surface area contributed by atoms with E-state index < -0.39 is 0 Å². The van der Waals surface area contributed by atoms with Gasteiger partial charge in [-0.05, 0) is 37.1 Å². The fourth-order valence-electron chi connectivity index (χ4n) is 2.13. The lowest BCUT2D eigenvalue weighted by atomic mass is 10.1. The summed E-state index contributed by atoms with van der Waals surface area (Å²) in [5.74, 6) is 0.198. The molecule has 0 spiro atoms. The highest BCUT2D eigenvalue weighted by atomic mass is 35.5. The summed E-state index contributed by atoms with van der Waals surface area (Å²) in [5, 5.41) is 0.711. The lowest BCUT2D eigenvalue weighted by molar-refractivity contribution is -0.117. The van der Waals surface area contributed by atoms with E-state index in [-0.39, 0.29) is 17.7 Å². The number of benzene rings is 1. The van der Waals surface area contributed by atoms with Crippen LogP contribution in [-0.2, 0) is 4.79 Å². The lowest BCUT2D eigenvalue weighted by Crippen LogP contribution is -2.36. The number of rotatable bonds is 3. The molecule has 1 atom stereocenters. The summed E-state index contributed by atoms with van der Waals surface area (Å²) in [7, 11) is 0. The molecule has 1 saturated heterocycles. The highest BCUT2D eigenvalue weighted by Gasteiger charge is 2.29. The van der Waals surface area contributed by atoms with Crippen molar-refractivity contribution >= 4 is 34.7 Å². The minimum absolute atomic E-state index is 0.0568. The average Bonchev–Trinajstić information content (AvgIpc) is 2.78. The SMILES string of the molecule is O=C(CCl)[C@H]1CCCN1c1ccc(Cl)cc1. The van der Waals surface area contributed by atoms with Crippen LogP contribution in [0, 0.1) is 0 Å². The number of carbonyl (C=O) groups is 1. The summed E-state index contributed by atoms with van der Waals surface area (Å²) in [5.41, 5.74) is 1.05. The molecule has 0 unspecified atom stereocenters. The Morgan fingerprint density at radius 1 is 1.38 bits per heavy atom. The molecule has 0 saturated carbocycles. The van der Waals surface area contributed by atoms with Crippen molar-refractivity contribution in [1.82, 2.24) is 0 Å². The highest BCUT2D eigenvalue weighted by molar-refractivity contribution is 6.30. The maximum atomic E-state index is 11.7. The number of hydrogen-bond donors (Lipinski definition) is 0. The van der Waals surface area contributed by atoms with Gasteiger partial charge in [-0.25, -0.2) is 0 Å². The zero-order valence-corrected chi connectivity index (χ0v) is 10.3. The smallest absolute Gasteiger partial charge is 0.169 e. The van der Waals surface area contributed by atoms with E-state index in [1.54, 1.807) is 0 Å². The van der Waals surface area contributed by atoms with Crippen LogP contribution >= 0.6 is 23.2 Å². The number of nitrogens with zero attached hydrogens (tertiary/aromatic N) is 1. The third kappa shape index (κ3) is 2.33. The van der Waals surface area contributed by atoms with Gasteiger partial charge < -0.3 is 4.90 Å². The van der Waals surface area contributed by atoms with E-state index in [2.05, 4.69) is 4.90 Å². The Kier molecular flexibility index (Phi) is 3.72. The van der Waals surface area contributed by atoms with Gasteiger partial charge in [-0.3, -0.25) is 4.79 Å². The maximum Gasteiger partial charge on any atom is 0.169 e. The van der Waals surface area contributed by atoms with Crippen LogP contribution in [0.2, 0.25) is 5.02 Å². The van der Waals surface area contributed by atoms with Crippen molar-refractivity contribution in [2.24, 2.45) is 0 Å². The molecule has 1 aliphatic rings. The molecule has 1 aromatic rings. The first-order valence-corrected chi connectivity index (χ1v) is 6.24. The maximum absolute atomic E-state index is 11.7. The van der Waals surface area contributed by atoms with Crippen LogP contribution < -0.4 is 4.90 Å². The minimum Gasteiger partial charge on any atom is -0.361 e. The van der Waals surface area contributed by atoms with Crippen LogP contribution in [-0.4, -0.2) is 24.2 Å². The van der Waals surface area contributed by atoms with Gasteiger partial charge in [-0.15, -0.1) is 11.6 Å². The van der Waals surface area contributed by atoms with E-state index in [0.717, 1.165) is 25.1 Å². The number of carbonyl (C=O) groups excluding carboxylic acids is 1. The van der Waals surface area contributed by atoms with Gasteiger partial charge >= 0.3 is 0 Å². The van der Waals surface area contributed by atoms with Gasteiger partial charge in [0.25, 0.3) is 0 Å². The molecule has 1 fully saturated rings. The van der Waals surface area contributed by atoms with Gasteiger partial charge in [-0.1, -0.05) is 11.6 Å². The molecule has 0 N–H and O–H groups in total. The number of alkyl halides is 1. The minimum atomic E-state index is -0.0568. The first-order chi connectivity index (χ1) is 7.72. The third-order valence-corrected chi connectivity index (χ3v) is 3.43. The molecule has 4 heteroatoms. The molecule has 1 heterocycles. The molecule has 1 aliphatic heterocycles. The second-order valence-corrected chi connectivity index (χ2v) is 4.63. The Balaban J connectivity index is 2.19. The summed E-state index contributed by atoms with van der Waals surface area (Å²) in [4.78, 5) is 13.8. The Bertz CT molecular complexity index is 377. The molecule has 0 aromatic heterocycles. The number of halogens is 2. The fraction of sp³-hybridized carbons (Fsp3) is 0.417. The molecule has 0 radical (unpaired) electrons. The Labute approximate surface area is 105 Å². The Hall–Kier alpha value is -0.730. The van der Waals surface area contributed by atoms with Crippen LogP contribution in [0.15, 0.2) is 24.3 Å². The van der Waals surface area contributed by atoms with E-state index >= 15 is 0 Å². The van der Waals surface area contributed by atoms with Gasteiger partial charge in [0, 0.05) is 17.3 Å². The number of hydrogen-bond acceptors (Lipinski definition) is 2. The molecule has 2 nitrogen and oxygen atoms in total. The predicted octanol–water partition coefficient (Wildman–Crippen LogP) is 3.12. The van der Waals surface area contributed by atoms with Crippen molar-refractivity contribution in [3.8, 4) is 0 Å². The van der Waals surface area contributed by atoms with E-state index in [1.807, 2.05) is 24.3 Å². The van der Waals surface area contributed by atoms with E-state index in [4.69, 9.17) is 23.2 Å². The van der Waals surface area contributed by atoms with Crippen LogP contribution in [0.1, 0.15) is 12.8 Å². The van der Waals surface area contributed by atoms with Crippen LogP contribution in [0.4, 0.5) is 5.69 Å². The van der Waals surface area contributed by atoms with Crippen molar-refractivity contribution < 1.29 is 4.79 Å². The van der Waals surface area contributed by atoms with Gasteiger partial charge in [0.05, 0.1) is 11.9 Å². The van der Waals surface area contributed by atoms with Crippen molar-refractivity contribution in [2.75, 3.05) is 17.3 Å². The molecular weight excluding hydrogens is 245 g/mol. The number of ketones is 1. The van der Waals surface area contributed by atoms with Gasteiger partial charge in [0.2, 0.25) is 0 Å². The van der Waals surface area contributed by atoms with Crippen LogP contribution in [0.25, 0.3) is 0 Å². The molecule has 0 amide bonds. The molecule has 0 bridgehead atoms. The zero-order valence-electron chi connectivity index (χ0n) is 8.83. The predicted molar refractivity (Wildman–Crippen MR) is 67.5 cm³/mol. The molecular formula is C12H13Cl2NO. The summed E-state index contributed by atoms with van der Waals surface area (Å²) in [6.07, 6.45) is 1.93. The number of Topliss-reactive ketones (excluding diaryl/α,β-unsaturated/α-hetero) is 1. The third-order valence-electron chi connectivity index (χ3n) is 2.91. The van der Waals surface area contributed by atoms with Crippen LogP contribution in [0.5, 0.6) is 0 Å². The standard InChI is InChI=1S/C12H13Cl2NO/c13-8-12(16)11-2-1-7-15(11)10-5-3-9(14)4-6-10/h3-6,11H,1-2,7-8H2/t11-/m1/s1. The zero-order chi connectivity index (χ0) is 11.5. The molecule has 2 rings (SSSR count).